The van der Waals surface area contributed by atoms with Gasteiger partial charge in [-0.2, -0.15) is 0 Å². The number of aryl methyl sites for hydroxylation is 2. The van der Waals surface area contributed by atoms with Gasteiger partial charge in [0.25, 0.3) is 0 Å². The SMILES string of the molecule is Cc1cc(C(N)C2CCCCC2)c(C)cc1Br. The fourth-order valence-corrected chi connectivity index (χ4v) is 3.37. The van der Waals surface area contributed by atoms with Crippen LogP contribution in [0.2, 0.25) is 0 Å². The molecule has 0 amide bonds. The van der Waals surface area contributed by atoms with Gasteiger partial charge in [0.1, 0.15) is 0 Å². The van der Waals surface area contributed by atoms with E-state index in [4.69, 9.17) is 5.73 Å². The zero-order valence-electron chi connectivity index (χ0n) is 10.8. The molecule has 1 saturated carbocycles. The highest BCUT2D eigenvalue weighted by Gasteiger charge is 2.23. The molecule has 94 valence electrons. The topological polar surface area (TPSA) is 26.0 Å². The molecular formula is C15H22BrN. The average Bonchev–Trinajstić information content (AvgIpc) is 2.34. The molecular weight excluding hydrogens is 274 g/mol. The van der Waals surface area contributed by atoms with Crippen molar-refractivity contribution < 1.29 is 0 Å². The molecule has 0 aromatic heterocycles. The van der Waals surface area contributed by atoms with Gasteiger partial charge in [0.2, 0.25) is 0 Å². The summed E-state index contributed by atoms with van der Waals surface area (Å²) >= 11 is 3.58. The molecule has 1 unspecified atom stereocenters. The summed E-state index contributed by atoms with van der Waals surface area (Å²) in [7, 11) is 0. The molecule has 0 spiro atoms. The summed E-state index contributed by atoms with van der Waals surface area (Å²) in [6, 6.07) is 4.69. The van der Waals surface area contributed by atoms with Crippen LogP contribution in [0.5, 0.6) is 0 Å². The molecule has 1 aromatic carbocycles. The van der Waals surface area contributed by atoms with E-state index in [1.54, 1.807) is 0 Å². The van der Waals surface area contributed by atoms with E-state index in [2.05, 4.69) is 41.9 Å². The van der Waals surface area contributed by atoms with Gasteiger partial charge in [0, 0.05) is 10.5 Å². The predicted octanol–water partition coefficient (Wildman–Crippen LogP) is 4.65. The Kier molecular flexibility index (Phi) is 4.26. The minimum atomic E-state index is 0.224. The number of halogens is 1. The molecule has 1 nitrogen and oxygen atoms in total. The molecule has 0 aliphatic heterocycles. The van der Waals surface area contributed by atoms with Crippen molar-refractivity contribution >= 4 is 15.9 Å². The van der Waals surface area contributed by atoms with Crippen LogP contribution in [0.4, 0.5) is 0 Å². The molecule has 1 aliphatic rings. The van der Waals surface area contributed by atoms with Crippen molar-refractivity contribution in [2.75, 3.05) is 0 Å². The maximum absolute atomic E-state index is 6.47. The molecule has 2 heteroatoms. The second-order valence-corrected chi connectivity index (χ2v) is 6.24. The summed E-state index contributed by atoms with van der Waals surface area (Å²) in [5.74, 6) is 0.683. The third-order valence-corrected chi connectivity index (χ3v) is 4.92. The second kappa shape index (κ2) is 5.53. The van der Waals surface area contributed by atoms with E-state index in [9.17, 15) is 0 Å². The fraction of sp³-hybridized carbons (Fsp3) is 0.600. The third-order valence-electron chi connectivity index (χ3n) is 4.06. The van der Waals surface area contributed by atoms with E-state index in [0.717, 1.165) is 0 Å². The molecule has 1 fully saturated rings. The van der Waals surface area contributed by atoms with Gasteiger partial charge in [-0.1, -0.05) is 41.3 Å². The largest absolute Gasteiger partial charge is 0.324 e. The van der Waals surface area contributed by atoms with E-state index in [-0.39, 0.29) is 6.04 Å². The van der Waals surface area contributed by atoms with Crippen LogP contribution in [0.25, 0.3) is 0 Å². The van der Waals surface area contributed by atoms with Crippen LogP contribution in [-0.4, -0.2) is 0 Å². The van der Waals surface area contributed by atoms with Crippen molar-refractivity contribution in [3.63, 3.8) is 0 Å². The Bertz CT molecular complexity index is 394. The van der Waals surface area contributed by atoms with Crippen molar-refractivity contribution in [1.82, 2.24) is 0 Å². The Morgan fingerprint density at radius 3 is 2.41 bits per heavy atom. The lowest BCUT2D eigenvalue weighted by Gasteiger charge is -2.29. The van der Waals surface area contributed by atoms with Crippen LogP contribution in [0.15, 0.2) is 16.6 Å². The number of nitrogens with two attached hydrogens (primary N) is 1. The maximum Gasteiger partial charge on any atom is 0.0326 e. The summed E-state index contributed by atoms with van der Waals surface area (Å²) in [6.45, 7) is 4.31. The monoisotopic (exact) mass is 295 g/mol. The lowest BCUT2D eigenvalue weighted by atomic mass is 9.80. The predicted molar refractivity (Wildman–Crippen MR) is 77.1 cm³/mol. The first-order valence-electron chi connectivity index (χ1n) is 6.62. The van der Waals surface area contributed by atoms with Crippen LogP contribution in [-0.2, 0) is 0 Å². The van der Waals surface area contributed by atoms with E-state index in [1.165, 1.54) is 53.3 Å². The van der Waals surface area contributed by atoms with Crippen LogP contribution < -0.4 is 5.73 Å². The van der Waals surface area contributed by atoms with Gasteiger partial charge >= 0.3 is 0 Å². The van der Waals surface area contributed by atoms with E-state index in [0.29, 0.717) is 5.92 Å². The number of hydrogen-bond donors (Lipinski definition) is 1. The van der Waals surface area contributed by atoms with Crippen LogP contribution in [0.1, 0.15) is 54.8 Å². The molecule has 2 rings (SSSR count). The normalized spacial score (nSPS) is 19.3. The molecule has 0 saturated heterocycles. The fourth-order valence-electron chi connectivity index (χ4n) is 2.91. The average molecular weight is 296 g/mol. The summed E-state index contributed by atoms with van der Waals surface area (Å²) in [4.78, 5) is 0. The Labute approximate surface area is 113 Å². The van der Waals surface area contributed by atoms with Crippen LogP contribution in [0, 0.1) is 19.8 Å². The molecule has 0 radical (unpaired) electrons. The highest BCUT2D eigenvalue weighted by atomic mass is 79.9. The molecule has 1 aliphatic carbocycles. The molecule has 0 bridgehead atoms. The Balaban J connectivity index is 2.23. The van der Waals surface area contributed by atoms with Crippen molar-refractivity contribution in [2.24, 2.45) is 11.7 Å². The van der Waals surface area contributed by atoms with Crippen LogP contribution in [0.3, 0.4) is 0 Å². The summed E-state index contributed by atoms with van der Waals surface area (Å²) in [5.41, 5.74) is 10.4. The molecule has 0 heterocycles. The summed E-state index contributed by atoms with van der Waals surface area (Å²) < 4.78 is 1.19. The number of benzene rings is 1. The Morgan fingerprint density at radius 2 is 1.76 bits per heavy atom. The zero-order valence-corrected chi connectivity index (χ0v) is 12.4. The first kappa shape index (κ1) is 13.1. The van der Waals surface area contributed by atoms with Gasteiger partial charge in [-0.3, -0.25) is 0 Å². The maximum atomic E-state index is 6.47. The zero-order chi connectivity index (χ0) is 12.4. The van der Waals surface area contributed by atoms with Gasteiger partial charge < -0.3 is 5.73 Å². The van der Waals surface area contributed by atoms with Crippen molar-refractivity contribution in [2.45, 2.75) is 52.0 Å². The number of rotatable bonds is 2. The number of hydrogen-bond acceptors (Lipinski definition) is 1. The quantitative estimate of drug-likeness (QED) is 0.845. The molecule has 2 N–H and O–H groups in total. The first-order valence-corrected chi connectivity index (χ1v) is 7.41. The Morgan fingerprint density at radius 1 is 1.12 bits per heavy atom. The van der Waals surface area contributed by atoms with Gasteiger partial charge in [0.05, 0.1) is 0 Å². The molecule has 17 heavy (non-hydrogen) atoms. The third kappa shape index (κ3) is 2.92. The lowest BCUT2D eigenvalue weighted by Crippen LogP contribution is -2.24. The summed E-state index contributed by atoms with van der Waals surface area (Å²) in [6.07, 6.45) is 6.70. The van der Waals surface area contributed by atoms with E-state index in [1.807, 2.05) is 0 Å². The Hall–Kier alpha value is -0.340. The summed E-state index contributed by atoms with van der Waals surface area (Å²) in [5, 5.41) is 0. The minimum Gasteiger partial charge on any atom is -0.324 e. The van der Waals surface area contributed by atoms with Crippen molar-refractivity contribution in [1.29, 1.82) is 0 Å². The standard InChI is InChI=1S/C15H22BrN/c1-10-9-14(16)11(2)8-13(10)15(17)12-6-4-3-5-7-12/h8-9,12,15H,3-7,17H2,1-2H3. The van der Waals surface area contributed by atoms with Gasteiger partial charge in [-0.05, 0) is 55.4 Å². The van der Waals surface area contributed by atoms with E-state index >= 15 is 0 Å². The highest BCUT2D eigenvalue weighted by molar-refractivity contribution is 9.10. The minimum absolute atomic E-state index is 0.224. The van der Waals surface area contributed by atoms with Crippen molar-refractivity contribution in [3.05, 3.63) is 33.3 Å². The molecule has 1 atom stereocenters. The van der Waals surface area contributed by atoms with Crippen molar-refractivity contribution in [3.8, 4) is 0 Å². The van der Waals surface area contributed by atoms with Gasteiger partial charge in [0.15, 0.2) is 0 Å². The highest BCUT2D eigenvalue weighted by Crippen LogP contribution is 2.35. The second-order valence-electron chi connectivity index (χ2n) is 5.38. The lowest BCUT2D eigenvalue weighted by molar-refractivity contribution is 0.307. The van der Waals surface area contributed by atoms with Gasteiger partial charge in [-0.15, -0.1) is 0 Å². The smallest absolute Gasteiger partial charge is 0.0326 e. The van der Waals surface area contributed by atoms with Crippen LogP contribution >= 0.6 is 15.9 Å². The van der Waals surface area contributed by atoms with E-state index < -0.39 is 0 Å². The van der Waals surface area contributed by atoms with Gasteiger partial charge in [-0.25, -0.2) is 0 Å². The molecule has 1 aromatic rings. The first-order chi connectivity index (χ1) is 8.09.